The third-order valence-electron chi connectivity index (χ3n) is 1.75. The normalized spacial score (nSPS) is 11.9. The van der Waals surface area contributed by atoms with Gasteiger partial charge in [-0.25, -0.2) is 0 Å². The van der Waals surface area contributed by atoms with Crippen molar-refractivity contribution in [3.05, 3.63) is 27.7 Å². The van der Waals surface area contributed by atoms with Gasteiger partial charge in [-0.05, 0) is 41.1 Å². The van der Waals surface area contributed by atoms with Crippen LogP contribution in [0.15, 0.2) is 22.7 Å². The first kappa shape index (κ1) is 11.4. The Morgan fingerprint density at radius 3 is 2.93 bits per heavy atom. The average molecular weight is 274 g/mol. The summed E-state index contributed by atoms with van der Waals surface area (Å²) in [5.41, 5.74) is 0.931. The van der Waals surface area contributed by atoms with E-state index < -0.39 is 0 Å². The molecule has 1 aromatic carbocycles. The Morgan fingerprint density at radius 1 is 1.64 bits per heavy atom. The molecule has 0 spiro atoms. The highest BCUT2D eigenvalue weighted by Crippen LogP contribution is 2.25. The Kier molecular flexibility index (Phi) is 4.24. The molecule has 0 fully saturated rings. The number of nitrogens with one attached hydrogen (secondary N) is 1. The van der Waals surface area contributed by atoms with E-state index in [1.165, 1.54) is 0 Å². The molecule has 0 amide bonds. The second-order valence-electron chi connectivity index (χ2n) is 3.04. The molecule has 0 saturated carbocycles. The van der Waals surface area contributed by atoms with Gasteiger partial charge >= 0.3 is 0 Å². The molecule has 1 N–H and O–H groups in total. The Hall–Kier alpha value is -0.720. The van der Waals surface area contributed by atoms with Crippen molar-refractivity contribution in [2.45, 2.75) is 6.92 Å². The molecule has 1 rings (SSSR count). The first-order valence-corrected chi connectivity index (χ1v) is 5.39. The van der Waals surface area contributed by atoms with E-state index in [9.17, 15) is 0 Å². The highest BCUT2D eigenvalue weighted by molar-refractivity contribution is 9.10. The van der Waals surface area contributed by atoms with Crippen LogP contribution >= 0.6 is 27.5 Å². The van der Waals surface area contributed by atoms with Gasteiger partial charge in [0.25, 0.3) is 0 Å². The van der Waals surface area contributed by atoms with Crippen molar-refractivity contribution in [1.82, 2.24) is 0 Å². The van der Waals surface area contributed by atoms with Gasteiger partial charge in [-0.1, -0.05) is 11.6 Å². The first-order valence-electron chi connectivity index (χ1n) is 4.22. The zero-order valence-corrected chi connectivity index (χ0v) is 10.1. The summed E-state index contributed by atoms with van der Waals surface area (Å²) >= 11 is 9.22. The van der Waals surface area contributed by atoms with Crippen molar-refractivity contribution < 1.29 is 0 Å². The minimum absolute atomic E-state index is 0.00239. The third kappa shape index (κ3) is 3.21. The number of nitriles is 1. The lowest BCUT2D eigenvalue weighted by atomic mass is 10.2. The maximum absolute atomic E-state index is 8.59. The predicted octanol–water partition coefficient (Wildman–Crippen LogP) is 3.67. The third-order valence-corrected chi connectivity index (χ3v) is 2.98. The molecular weight excluding hydrogens is 263 g/mol. The second-order valence-corrected chi connectivity index (χ2v) is 4.30. The number of rotatable bonds is 3. The summed E-state index contributed by atoms with van der Waals surface area (Å²) in [4.78, 5) is 0. The Bertz CT molecular complexity index is 360. The average Bonchev–Trinajstić information content (AvgIpc) is 2.19. The van der Waals surface area contributed by atoms with Crippen molar-refractivity contribution >= 4 is 33.2 Å². The SMILES string of the molecule is CC(C#N)CNc1ccc(Br)c(Cl)c1. The minimum atomic E-state index is -0.00239. The van der Waals surface area contributed by atoms with Gasteiger partial charge in [-0.2, -0.15) is 5.26 Å². The monoisotopic (exact) mass is 272 g/mol. The molecule has 14 heavy (non-hydrogen) atoms. The van der Waals surface area contributed by atoms with Gasteiger partial charge in [0.2, 0.25) is 0 Å². The van der Waals surface area contributed by atoms with Gasteiger partial charge in [0.15, 0.2) is 0 Å². The molecule has 4 heteroatoms. The summed E-state index contributed by atoms with van der Waals surface area (Å²) < 4.78 is 0.873. The predicted molar refractivity (Wildman–Crippen MR) is 62.4 cm³/mol. The fourth-order valence-electron chi connectivity index (χ4n) is 0.923. The van der Waals surface area contributed by atoms with Gasteiger partial charge < -0.3 is 5.32 Å². The second kappa shape index (κ2) is 5.23. The highest BCUT2D eigenvalue weighted by Gasteiger charge is 2.01. The van der Waals surface area contributed by atoms with Gasteiger partial charge in [-0.3, -0.25) is 0 Å². The molecule has 0 aliphatic carbocycles. The summed E-state index contributed by atoms with van der Waals surface area (Å²) in [5.74, 6) is -0.00239. The van der Waals surface area contributed by atoms with Crippen LogP contribution < -0.4 is 5.32 Å². The van der Waals surface area contributed by atoms with Gasteiger partial charge in [0.1, 0.15) is 0 Å². The molecule has 0 heterocycles. The first-order chi connectivity index (χ1) is 6.63. The largest absolute Gasteiger partial charge is 0.384 e. The molecule has 0 bridgehead atoms. The Balaban J connectivity index is 2.61. The quantitative estimate of drug-likeness (QED) is 0.912. The lowest BCUT2D eigenvalue weighted by Crippen LogP contribution is -2.09. The van der Waals surface area contributed by atoms with E-state index in [0.29, 0.717) is 11.6 Å². The van der Waals surface area contributed by atoms with E-state index in [1.54, 1.807) is 0 Å². The van der Waals surface area contributed by atoms with E-state index in [1.807, 2.05) is 25.1 Å². The molecule has 0 aliphatic rings. The van der Waals surface area contributed by atoms with Gasteiger partial charge in [-0.15, -0.1) is 0 Å². The van der Waals surface area contributed by atoms with Gasteiger partial charge in [0.05, 0.1) is 17.0 Å². The molecule has 0 radical (unpaired) electrons. The zero-order chi connectivity index (χ0) is 10.6. The number of benzene rings is 1. The molecular formula is C10H10BrClN2. The minimum Gasteiger partial charge on any atom is -0.384 e. The zero-order valence-electron chi connectivity index (χ0n) is 7.72. The van der Waals surface area contributed by atoms with E-state index in [4.69, 9.17) is 16.9 Å². The molecule has 0 aromatic heterocycles. The summed E-state index contributed by atoms with van der Waals surface area (Å²) in [6.45, 7) is 2.50. The number of hydrogen-bond donors (Lipinski definition) is 1. The van der Waals surface area contributed by atoms with E-state index >= 15 is 0 Å². The van der Waals surface area contributed by atoms with Crippen LogP contribution in [0.2, 0.25) is 5.02 Å². The van der Waals surface area contributed by atoms with Crippen molar-refractivity contribution in [1.29, 1.82) is 5.26 Å². The lowest BCUT2D eigenvalue weighted by Gasteiger charge is -2.08. The Labute approximate surface area is 97.0 Å². The summed E-state index contributed by atoms with van der Waals surface area (Å²) in [5, 5.41) is 12.4. The fourth-order valence-corrected chi connectivity index (χ4v) is 1.35. The summed E-state index contributed by atoms with van der Waals surface area (Å²) in [7, 11) is 0. The molecule has 1 atom stereocenters. The summed E-state index contributed by atoms with van der Waals surface area (Å²) in [6.07, 6.45) is 0. The maximum atomic E-state index is 8.59. The molecule has 0 aliphatic heterocycles. The molecule has 1 aromatic rings. The standard InChI is InChI=1S/C10H10BrClN2/c1-7(5-13)6-14-8-2-3-9(11)10(12)4-8/h2-4,7,14H,6H2,1H3. The molecule has 1 unspecified atom stereocenters. The van der Waals surface area contributed by atoms with Crippen molar-refractivity contribution in [2.75, 3.05) is 11.9 Å². The number of hydrogen-bond acceptors (Lipinski definition) is 2. The molecule has 0 saturated heterocycles. The molecule has 2 nitrogen and oxygen atoms in total. The van der Waals surface area contributed by atoms with Crippen LogP contribution in [0.25, 0.3) is 0 Å². The van der Waals surface area contributed by atoms with Crippen molar-refractivity contribution in [3.8, 4) is 6.07 Å². The fraction of sp³-hybridized carbons (Fsp3) is 0.300. The number of halogens is 2. The van der Waals surface area contributed by atoms with E-state index in [0.717, 1.165) is 10.2 Å². The maximum Gasteiger partial charge on any atom is 0.0671 e. The van der Waals surface area contributed by atoms with Crippen LogP contribution in [0.4, 0.5) is 5.69 Å². The number of anilines is 1. The van der Waals surface area contributed by atoms with Crippen LogP contribution in [0.1, 0.15) is 6.92 Å². The smallest absolute Gasteiger partial charge is 0.0671 e. The van der Waals surface area contributed by atoms with Crippen LogP contribution in [0.5, 0.6) is 0 Å². The molecule has 74 valence electrons. The topological polar surface area (TPSA) is 35.8 Å². The highest BCUT2D eigenvalue weighted by atomic mass is 79.9. The van der Waals surface area contributed by atoms with Crippen molar-refractivity contribution in [2.24, 2.45) is 5.92 Å². The van der Waals surface area contributed by atoms with Crippen molar-refractivity contribution in [3.63, 3.8) is 0 Å². The van der Waals surface area contributed by atoms with Crippen LogP contribution in [-0.4, -0.2) is 6.54 Å². The van der Waals surface area contributed by atoms with Crippen LogP contribution in [0.3, 0.4) is 0 Å². The lowest BCUT2D eigenvalue weighted by molar-refractivity contribution is 0.786. The Morgan fingerprint density at radius 2 is 2.36 bits per heavy atom. The van der Waals surface area contributed by atoms with E-state index in [-0.39, 0.29) is 5.92 Å². The van der Waals surface area contributed by atoms with Crippen LogP contribution in [-0.2, 0) is 0 Å². The van der Waals surface area contributed by atoms with E-state index in [2.05, 4.69) is 27.3 Å². The number of nitrogens with zero attached hydrogens (tertiary/aromatic N) is 1. The van der Waals surface area contributed by atoms with Gasteiger partial charge in [0, 0.05) is 16.7 Å². The summed E-state index contributed by atoms with van der Waals surface area (Å²) in [6, 6.07) is 7.78. The van der Waals surface area contributed by atoms with Crippen LogP contribution in [0, 0.1) is 17.2 Å².